The van der Waals surface area contributed by atoms with Gasteiger partial charge in [0.2, 0.25) is 0 Å². The fourth-order valence-electron chi connectivity index (χ4n) is 2.44. The fraction of sp³-hybridized carbons (Fsp3) is 0.316. The summed E-state index contributed by atoms with van der Waals surface area (Å²) in [5.74, 6) is 0.861. The van der Waals surface area contributed by atoms with E-state index < -0.39 is 0 Å². The third-order valence-corrected chi connectivity index (χ3v) is 4.09. The highest BCUT2D eigenvalue weighted by Crippen LogP contribution is 2.21. The first-order valence-electron chi connectivity index (χ1n) is 7.82. The SMILES string of the molecule is CCC(NC(=S)Nc1cc(C)ccc1C)c1ccc(OC)cc1. The van der Waals surface area contributed by atoms with Crippen LogP contribution in [-0.2, 0) is 0 Å². The molecule has 0 fully saturated rings. The van der Waals surface area contributed by atoms with Crippen LogP contribution in [0.25, 0.3) is 0 Å². The van der Waals surface area contributed by atoms with Gasteiger partial charge in [-0.1, -0.05) is 31.2 Å². The number of ether oxygens (including phenoxy) is 1. The molecule has 0 saturated carbocycles. The molecule has 0 spiro atoms. The summed E-state index contributed by atoms with van der Waals surface area (Å²) in [6.07, 6.45) is 0.945. The monoisotopic (exact) mass is 328 g/mol. The molecule has 0 bridgehead atoms. The van der Waals surface area contributed by atoms with Gasteiger partial charge in [0.05, 0.1) is 13.2 Å². The third kappa shape index (κ3) is 4.70. The predicted octanol–water partition coefficient (Wildman–Crippen LogP) is 4.75. The summed E-state index contributed by atoms with van der Waals surface area (Å²) in [5, 5.41) is 7.34. The van der Waals surface area contributed by atoms with Gasteiger partial charge in [-0.05, 0) is 67.4 Å². The van der Waals surface area contributed by atoms with Gasteiger partial charge >= 0.3 is 0 Å². The maximum Gasteiger partial charge on any atom is 0.171 e. The first-order chi connectivity index (χ1) is 11.0. The number of hydrogen-bond acceptors (Lipinski definition) is 2. The van der Waals surface area contributed by atoms with Crippen molar-refractivity contribution in [3.63, 3.8) is 0 Å². The molecule has 0 aliphatic rings. The van der Waals surface area contributed by atoms with Gasteiger partial charge in [0.15, 0.2) is 5.11 Å². The summed E-state index contributed by atoms with van der Waals surface area (Å²) >= 11 is 5.48. The normalized spacial score (nSPS) is 11.7. The van der Waals surface area contributed by atoms with E-state index >= 15 is 0 Å². The molecule has 0 amide bonds. The van der Waals surface area contributed by atoms with Crippen LogP contribution < -0.4 is 15.4 Å². The van der Waals surface area contributed by atoms with E-state index in [4.69, 9.17) is 17.0 Å². The number of anilines is 1. The van der Waals surface area contributed by atoms with Gasteiger partial charge in [-0.15, -0.1) is 0 Å². The van der Waals surface area contributed by atoms with E-state index in [0.717, 1.165) is 17.9 Å². The van der Waals surface area contributed by atoms with Crippen LogP contribution in [0.1, 0.15) is 36.1 Å². The van der Waals surface area contributed by atoms with Gasteiger partial charge in [0.1, 0.15) is 5.75 Å². The average Bonchev–Trinajstić information content (AvgIpc) is 2.56. The first-order valence-corrected chi connectivity index (χ1v) is 8.23. The van der Waals surface area contributed by atoms with Gasteiger partial charge in [-0.2, -0.15) is 0 Å². The maximum atomic E-state index is 5.48. The Hall–Kier alpha value is -2.07. The number of nitrogens with one attached hydrogen (secondary N) is 2. The fourth-order valence-corrected chi connectivity index (χ4v) is 2.70. The highest BCUT2D eigenvalue weighted by molar-refractivity contribution is 7.80. The molecule has 2 rings (SSSR count). The lowest BCUT2D eigenvalue weighted by atomic mass is 10.0. The Morgan fingerprint density at radius 2 is 1.83 bits per heavy atom. The van der Waals surface area contributed by atoms with Crippen LogP contribution in [0.4, 0.5) is 5.69 Å². The van der Waals surface area contributed by atoms with Crippen LogP contribution in [0, 0.1) is 13.8 Å². The lowest BCUT2D eigenvalue weighted by Gasteiger charge is -2.21. The Morgan fingerprint density at radius 1 is 1.13 bits per heavy atom. The van der Waals surface area contributed by atoms with Crippen molar-refractivity contribution >= 4 is 23.0 Å². The van der Waals surface area contributed by atoms with Crippen LogP contribution in [0.15, 0.2) is 42.5 Å². The lowest BCUT2D eigenvalue weighted by molar-refractivity contribution is 0.414. The summed E-state index contributed by atoms with van der Waals surface area (Å²) in [5.41, 5.74) is 4.63. The van der Waals surface area contributed by atoms with Crippen LogP contribution in [-0.4, -0.2) is 12.2 Å². The Morgan fingerprint density at radius 3 is 2.43 bits per heavy atom. The predicted molar refractivity (Wildman–Crippen MR) is 101 cm³/mol. The minimum Gasteiger partial charge on any atom is -0.497 e. The zero-order valence-corrected chi connectivity index (χ0v) is 15.0. The van der Waals surface area contributed by atoms with Crippen molar-refractivity contribution < 1.29 is 4.74 Å². The highest BCUT2D eigenvalue weighted by Gasteiger charge is 2.11. The second kappa shape index (κ2) is 7.97. The summed E-state index contributed by atoms with van der Waals surface area (Å²) in [6, 6.07) is 14.6. The minimum atomic E-state index is 0.172. The van der Waals surface area contributed by atoms with Crippen molar-refractivity contribution in [1.29, 1.82) is 0 Å². The van der Waals surface area contributed by atoms with Crippen LogP contribution >= 0.6 is 12.2 Å². The zero-order valence-electron chi connectivity index (χ0n) is 14.1. The van der Waals surface area contributed by atoms with Gasteiger partial charge < -0.3 is 15.4 Å². The molecule has 0 saturated heterocycles. The van der Waals surface area contributed by atoms with Crippen molar-refractivity contribution in [2.75, 3.05) is 12.4 Å². The first kappa shape index (κ1) is 17.3. The topological polar surface area (TPSA) is 33.3 Å². The minimum absolute atomic E-state index is 0.172. The van der Waals surface area contributed by atoms with Crippen molar-refractivity contribution in [2.24, 2.45) is 0 Å². The molecule has 1 atom stereocenters. The molecule has 0 aliphatic heterocycles. The molecule has 2 aromatic carbocycles. The number of methoxy groups -OCH3 is 1. The average molecular weight is 328 g/mol. The van der Waals surface area contributed by atoms with Crippen LogP contribution in [0.5, 0.6) is 5.75 Å². The van der Waals surface area contributed by atoms with E-state index in [1.165, 1.54) is 16.7 Å². The van der Waals surface area contributed by atoms with Crippen LogP contribution in [0.2, 0.25) is 0 Å². The van der Waals surface area contributed by atoms with Gasteiger partial charge in [0.25, 0.3) is 0 Å². The molecule has 23 heavy (non-hydrogen) atoms. The summed E-state index contributed by atoms with van der Waals surface area (Å²) in [6.45, 7) is 6.29. The van der Waals surface area contributed by atoms with Crippen molar-refractivity contribution in [3.8, 4) is 5.75 Å². The molecule has 0 radical (unpaired) electrons. The van der Waals surface area contributed by atoms with E-state index in [9.17, 15) is 0 Å². The quantitative estimate of drug-likeness (QED) is 0.776. The summed E-state index contributed by atoms with van der Waals surface area (Å²) in [4.78, 5) is 0. The zero-order chi connectivity index (χ0) is 16.8. The molecule has 122 valence electrons. The smallest absolute Gasteiger partial charge is 0.171 e. The number of hydrogen-bond donors (Lipinski definition) is 2. The Labute approximate surface area is 144 Å². The van der Waals surface area contributed by atoms with Gasteiger partial charge in [-0.3, -0.25) is 0 Å². The maximum absolute atomic E-state index is 5.48. The second-order valence-corrected chi connectivity index (χ2v) is 6.06. The molecule has 3 nitrogen and oxygen atoms in total. The molecule has 2 aromatic rings. The Bertz CT molecular complexity index is 668. The Kier molecular flexibility index (Phi) is 5.99. The van der Waals surface area contributed by atoms with Crippen molar-refractivity contribution in [3.05, 3.63) is 59.2 Å². The summed E-state index contributed by atoms with van der Waals surface area (Å²) < 4.78 is 5.21. The lowest BCUT2D eigenvalue weighted by Crippen LogP contribution is -2.32. The molecular formula is C19H24N2OS. The molecule has 0 aromatic heterocycles. The second-order valence-electron chi connectivity index (χ2n) is 5.65. The van der Waals surface area contributed by atoms with Gasteiger partial charge in [-0.25, -0.2) is 0 Å². The van der Waals surface area contributed by atoms with E-state index in [0.29, 0.717) is 5.11 Å². The largest absolute Gasteiger partial charge is 0.497 e. The molecule has 1 unspecified atom stereocenters. The summed E-state index contributed by atoms with van der Waals surface area (Å²) in [7, 11) is 1.67. The number of benzene rings is 2. The van der Waals surface area contributed by atoms with E-state index in [2.05, 4.69) is 61.7 Å². The van der Waals surface area contributed by atoms with Crippen molar-refractivity contribution in [1.82, 2.24) is 5.32 Å². The molecular weight excluding hydrogens is 304 g/mol. The standard InChI is InChI=1S/C19H24N2OS/c1-5-17(15-8-10-16(22-4)11-9-15)20-19(23)21-18-12-13(2)6-7-14(18)3/h6-12,17H,5H2,1-4H3,(H2,20,21,23). The number of rotatable bonds is 5. The number of thiocarbonyl (C=S) groups is 1. The van der Waals surface area contributed by atoms with Gasteiger partial charge in [0, 0.05) is 5.69 Å². The third-order valence-electron chi connectivity index (χ3n) is 3.87. The molecule has 0 heterocycles. The highest BCUT2D eigenvalue weighted by atomic mass is 32.1. The molecule has 0 aliphatic carbocycles. The Balaban J connectivity index is 2.05. The van der Waals surface area contributed by atoms with E-state index in [1.54, 1.807) is 7.11 Å². The van der Waals surface area contributed by atoms with Crippen molar-refractivity contribution in [2.45, 2.75) is 33.2 Å². The number of aryl methyl sites for hydroxylation is 2. The van der Waals surface area contributed by atoms with E-state index in [1.807, 2.05) is 12.1 Å². The van der Waals surface area contributed by atoms with Crippen LogP contribution in [0.3, 0.4) is 0 Å². The van der Waals surface area contributed by atoms with E-state index in [-0.39, 0.29) is 6.04 Å². The molecule has 2 N–H and O–H groups in total. The molecule has 4 heteroatoms.